The van der Waals surface area contributed by atoms with Crippen LogP contribution in [0.3, 0.4) is 0 Å². The summed E-state index contributed by atoms with van der Waals surface area (Å²) in [5.41, 5.74) is 2.58. The first-order valence-corrected chi connectivity index (χ1v) is 11.3. The SMILES string of the molecule is O=C(Nc1ccc2c(c1)OCCO2)c1sc2c(cnc3c(F)cccc32)c1-c1ccccc1. The lowest BCUT2D eigenvalue weighted by atomic mass is 10.0. The molecule has 3 heterocycles. The van der Waals surface area contributed by atoms with Gasteiger partial charge in [0.15, 0.2) is 11.5 Å². The highest BCUT2D eigenvalue weighted by atomic mass is 32.1. The number of hydrogen-bond donors (Lipinski definition) is 1. The van der Waals surface area contributed by atoms with Crippen molar-refractivity contribution in [1.29, 1.82) is 0 Å². The number of para-hydroxylation sites is 1. The topological polar surface area (TPSA) is 60.5 Å². The molecule has 33 heavy (non-hydrogen) atoms. The lowest BCUT2D eigenvalue weighted by Crippen LogP contribution is -2.16. The van der Waals surface area contributed by atoms with E-state index in [2.05, 4.69) is 10.3 Å². The van der Waals surface area contributed by atoms with Gasteiger partial charge in [0.05, 0.1) is 0 Å². The number of halogens is 1. The van der Waals surface area contributed by atoms with Gasteiger partial charge in [0.25, 0.3) is 5.91 Å². The molecule has 6 rings (SSSR count). The Hall–Kier alpha value is -3.97. The van der Waals surface area contributed by atoms with Crippen molar-refractivity contribution >= 4 is 43.9 Å². The maximum atomic E-state index is 14.4. The molecule has 0 radical (unpaired) electrons. The van der Waals surface area contributed by atoms with Crippen LogP contribution in [0.4, 0.5) is 10.1 Å². The van der Waals surface area contributed by atoms with Gasteiger partial charge in [0, 0.05) is 39.0 Å². The minimum absolute atomic E-state index is 0.253. The van der Waals surface area contributed by atoms with Crippen LogP contribution in [0, 0.1) is 5.82 Å². The summed E-state index contributed by atoms with van der Waals surface area (Å²) in [6, 6.07) is 19.9. The first-order chi connectivity index (χ1) is 16.2. The molecule has 2 aromatic heterocycles. The van der Waals surface area contributed by atoms with E-state index >= 15 is 0 Å². The molecule has 0 bridgehead atoms. The Kier molecular flexibility index (Phi) is 4.69. The molecule has 1 aliphatic rings. The number of anilines is 1. The average Bonchev–Trinajstić information content (AvgIpc) is 3.25. The number of ether oxygens (including phenoxy) is 2. The van der Waals surface area contributed by atoms with Crippen LogP contribution in [0.5, 0.6) is 11.5 Å². The van der Waals surface area contributed by atoms with E-state index in [1.807, 2.05) is 36.4 Å². The highest BCUT2D eigenvalue weighted by molar-refractivity contribution is 7.22. The third kappa shape index (κ3) is 3.37. The summed E-state index contributed by atoms with van der Waals surface area (Å²) in [6.45, 7) is 0.971. The van der Waals surface area contributed by atoms with E-state index in [1.165, 1.54) is 17.4 Å². The maximum Gasteiger partial charge on any atom is 0.266 e. The standard InChI is InChI=1S/C26H17FN2O3S/c27-19-8-4-7-17-23(19)28-14-18-22(15-5-2-1-3-6-15)25(33-24(17)18)26(30)29-16-9-10-20-21(13-16)32-12-11-31-20/h1-10,13-14H,11-12H2,(H,29,30). The van der Waals surface area contributed by atoms with Crippen molar-refractivity contribution in [3.8, 4) is 22.6 Å². The number of rotatable bonds is 3. The number of aromatic nitrogens is 1. The molecule has 0 aliphatic carbocycles. The van der Waals surface area contributed by atoms with E-state index in [4.69, 9.17) is 9.47 Å². The van der Waals surface area contributed by atoms with Gasteiger partial charge in [-0.1, -0.05) is 42.5 Å². The van der Waals surface area contributed by atoms with E-state index in [0.29, 0.717) is 46.2 Å². The number of amides is 1. The predicted octanol–water partition coefficient (Wildman–Crippen LogP) is 6.28. The molecule has 0 saturated carbocycles. The number of nitrogens with one attached hydrogen (secondary N) is 1. The molecule has 162 valence electrons. The first kappa shape index (κ1) is 19.7. The van der Waals surface area contributed by atoms with Crippen molar-refractivity contribution in [3.63, 3.8) is 0 Å². The number of benzene rings is 3. The van der Waals surface area contributed by atoms with Gasteiger partial charge in [0.1, 0.15) is 29.4 Å². The Balaban J connectivity index is 1.50. The number of carbonyl (C=O) groups is 1. The van der Waals surface area contributed by atoms with Crippen LogP contribution in [0.1, 0.15) is 9.67 Å². The van der Waals surface area contributed by atoms with Crippen LogP contribution in [-0.4, -0.2) is 24.1 Å². The van der Waals surface area contributed by atoms with E-state index in [0.717, 1.165) is 21.2 Å². The number of pyridine rings is 1. The van der Waals surface area contributed by atoms with Crippen molar-refractivity contribution < 1.29 is 18.7 Å². The lowest BCUT2D eigenvalue weighted by molar-refractivity contribution is 0.103. The minimum atomic E-state index is -0.383. The quantitative estimate of drug-likeness (QED) is 0.347. The Morgan fingerprint density at radius 2 is 1.76 bits per heavy atom. The molecule has 1 N–H and O–H groups in total. The van der Waals surface area contributed by atoms with Crippen molar-refractivity contribution in [2.24, 2.45) is 0 Å². The van der Waals surface area contributed by atoms with Gasteiger partial charge in [-0.3, -0.25) is 9.78 Å². The smallest absolute Gasteiger partial charge is 0.266 e. The highest BCUT2D eigenvalue weighted by Crippen LogP contribution is 2.42. The molecule has 1 amide bonds. The number of carbonyl (C=O) groups excluding carboxylic acids is 1. The Morgan fingerprint density at radius 3 is 2.61 bits per heavy atom. The van der Waals surface area contributed by atoms with Crippen molar-refractivity contribution in [3.05, 3.63) is 83.6 Å². The van der Waals surface area contributed by atoms with Crippen LogP contribution >= 0.6 is 11.3 Å². The lowest BCUT2D eigenvalue weighted by Gasteiger charge is -2.19. The summed E-state index contributed by atoms with van der Waals surface area (Å²) in [6.07, 6.45) is 1.65. The molecule has 5 nitrogen and oxygen atoms in total. The molecule has 0 fully saturated rings. The van der Waals surface area contributed by atoms with Gasteiger partial charge in [-0.2, -0.15) is 0 Å². The summed E-state index contributed by atoms with van der Waals surface area (Å²) < 4.78 is 26.4. The third-order valence-electron chi connectivity index (χ3n) is 5.57. The van der Waals surface area contributed by atoms with Crippen LogP contribution in [0.15, 0.2) is 72.9 Å². The average molecular weight is 456 g/mol. The first-order valence-electron chi connectivity index (χ1n) is 10.5. The zero-order valence-electron chi connectivity index (χ0n) is 17.3. The fraction of sp³-hybridized carbons (Fsp3) is 0.0769. The van der Waals surface area contributed by atoms with Crippen LogP contribution in [0.25, 0.3) is 32.1 Å². The van der Waals surface area contributed by atoms with Crippen LogP contribution in [-0.2, 0) is 0 Å². The van der Waals surface area contributed by atoms with Gasteiger partial charge in [-0.05, 0) is 23.8 Å². The number of nitrogens with zero attached hydrogens (tertiary/aromatic N) is 1. The summed E-state index contributed by atoms with van der Waals surface area (Å²) in [5, 5.41) is 4.48. The number of hydrogen-bond acceptors (Lipinski definition) is 5. The summed E-state index contributed by atoms with van der Waals surface area (Å²) in [5.74, 6) is 0.623. The summed E-state index contributed by atoms with van der Waals surface area (Å²) in [7, 11) is 0. The fourth-order valence-electron chi connectivity index (χ4n) is 4.09. The van der Waals surface area contributed by atoms with E-state index in [9.17, 15) is 9.18 Å². The van der Waals surface area contributed by atoms with Gasteiger partial charge in [0.2, 0.25) is 0 Å². The molecule has 3 aromatic carbocycles. The summed E-state index contributed by atoms with van der Waals surface area (Å²) >= 11 is 1.34. The number of thiophene rings is 1. The molecule has 1 aliphatic heterocycles. The highest BCUT2D eigenvalue weighted by Gasteiger charge is 2.23. The van der Waals surface area contributed by atoms with Crippen LogP contribution in [0.2, 0.25) is 0 Å². The Morgan fingerprint density at radius 1 is 0.939 bits per heavy atom. The molecule has 5 aromatic rings. The molecule has 0 atom stereocenters. The monoisotopic (exact) mass is 456 g/mol. The second kappa shape index (κ2) is 7.86. The van der Waals surface area contributed by atoms with Gasteiger partial charge < -0.3 is 14.8 Å². The summed E-state index contributed by atoms with van der Waals surface area (Å²) in [4.78, 5) is 18.4. The second-order valence-electron chi connectivity index (χ2n) is 7.62. The minimum Gasteiger partial charge on any atom is -0.486 e. The number of fused-ring (bicyclic) bond motifs is 4. The fourth-order valence-corrected chi connectivity index (χ4v) is 5.30. The van der Waals surface area contributed by atoms with E-state index < -0.39 is 0 Å². The zero-order chi connectivity index (χ0) is 22.4. The third-order valence-corrected chi connectivity index (χ3v) is 6.81. The van der Waals surface area contributed by atoms with Crippen molar-refractivity contribution in [2.75, 3.05) is 18.5 Å². The largest absolute Gasteiger partial charge is 0.486 e. The van der Waals surface area contributed by atoms with E-state index in [-0.39, 0.29) is 11.7 Å². The normalized spacial score (nSPS) is 12.8. The Labute approximate surface area is 192 Å². The predicted molar refractivity (Wildman–Crippen MR) is 128 cm³/mol. The van der Waals surface area contributed by atoms with Gasteiger partial charge >= 0.3 is 0 Å². The molecule has 7 heteroatoms. The molecular weight excluding hydrogens is 439 g/mol. The van der Waals surface area contributed by atoms with Gasteiger partial charge in [-0.15, -0.1) is 11.3 Å². The zero-order valence-corrected chi connectivity index (χ0v) is 18.1. The Bertz CT molecular complexity index is 1530. The van der Waals surface area contributed by atoms with Crippen LogP contribution < -0.4 is 14.8 Å². The van der Waals surface area contributed by atoms with Crippen molar-refractivity contribution in [1.82, 2.24) is 4.98 Å². The van der Waals surface area contributed by atoms with E-state index in [1.54, 1.807) is 30.5 Å². The van der Waals surface area contributed by atoms with Gasteiger partial charge in [-0.25, -0.2) is 4.39 Å². The molecule has 0 saturated heterocycles. The molecular formula is C26H17FN2O3S. The molecule has 0 unspecified atom stereocenters. The van der Waals surface area contributed by atoms with Crippen molar-refractivity contribution in [2.45, 2.75) is 0 Å². The second-order valence-corrected chi connectivity index (χ2v) is 8.64. The maximum absolute atomic E-state index is 14.4. The molecule has 0 spiro atoms.